The first-order valence-electron chi connectivity index (χ1n) is 8.10. The van der Waals surface area contributed by atoms with Gasteiger partial charge in [0.15, 0.2) is 11.5 Å². The maximum Gasteiger partial charge on any atom is 0.251 e. The molecule has 5 nitrogen and oxygen atoms in total. The van der Waals surface area contributed by atoms with Crippen molar-refractivity contribution in [3.8, 4) is 11.5 Å². The first-order chi connectivity index (χ1) is 11.7. The summed E-state index contributed by atoms with van der Waals surface area (Å²) in [6, 6.07) is 14.6. The van der Waals surface area contributed by atoms with Gasteiger partial charge in [-0.2, -0.15) is 0 Å². The van der Waals surface area contributed by atoms with Gasteiger partial charge in [-0.1, -0.05) is 18.2 Å². The van der Waals surface area contributed by atoms with Gasteiger partial charge in [-0.05, 0) is 43.5 Å². The smallest absolute Gasteiger partial charge is 0.251 e. The lowest BCUT2D eigenvalue weighted by molar-refractivity contribution is 0.0953. The summed E-state index contributed by atoms with van der Waals surface area (Å²) in [4.78, 5) is 11.9. The van der Waals surface area contributed by atoms with Gasteiger partial charge >= 0.3 is 0 Å². The number of amides is 1. The Bertz CT molecular complexity index is 644. The molecule has 128 valence electrons. The molecule has 0 saturated heterocycles. The van der Waals surface area contributed by atoms with E-state index in [1.807, 2.05) is 36.4 Å². The van der Waals surface area contributed by atoms with Gasteiger partial charge in [0.1, 0.15) is 0 Å². The molecular weight excluding hydrogens is 304 g/mol. The van der Waals surface area contributed by atoms with Crippen molar-refractivity contribution in [3.05, 3.63) is 54.1 Å². The molecule has 0 radical (unpaired) electrons. The number of methoxy groups -OCH3 is 1. The molecule has 2 rings (SSSR count). The summed E-state index contributed by atoms with van der Waals surface area (Å²) >= 11 is 0. The Labute approximate surface area is 142 Å². The number of ether oxygens (including phenoxy) is 2. The van der Waals surface area contributed by atoms with Gasteiger partial charge in [0, 0.05) is 23.9 Å². The fraction of sp³-hybridized carbons (Fsp3) is 0.316. The highest BCUT2D eigenvalue weighted by Gasteiger charge is 2.05. The monoisotopic (exact) mass is 328 g/mol. The second-order valence-electron chi connectivity index (χ2n) is 5.44. The van der Waals surface area contributed by atoms with Crippen LogP contribution in [0.4, 0.5) is 5.69 Å². The molecule has 0 aliphatic carbocycles. The number of anilines is 1. The van der Waals surface area contributed by atoms with Crippen LogP contribution in [0.5, 0.6) is 11.5 Å². The number of rotatable bonds is 9. The van der Waals surface area contributed by atoms with Gasteiger partial charge in [-0.15, -0.1) is 0 Å². The third kappa shape index (κ3) is 5.50. The number of hydrogen-bond acceptors (Lipinski definition) is 4. The molecule has 0 aliphatic rings. The van der Waals surface area contributed by atoms with Crippen LogP contribution in [0, 0.1) is 0 Å². The maximum absolute atomic E-state index is 11.9. The zero-order chi connectivity index (χ0) is 17.2. The van der Waals surface area contributed by atoms with Crippen LogP contribution in [0.2, 0.25) is 0 Å². The largest absolute Gasteiger partial charge is 0.493 e. The van der Waals surface area contributed by atoms with Gasteiger partial charge in [-0.25, -0.2) is 0 Å². The Balaban J connectivity index is 1.60. The van der Waals surface area contributed by atoms with E-state index in [9.17, 15) is 4.79 Å². The van der Waals surface area contributed by atoms with Gasteiger partial charge < -0.3 is 20.5 Å². The van der Waals surface area contributed by atoms with Crippen LogP contribution in [-0.4, -0.2) is 26.2 Å². The van der Waals surface area contributed by atoms with Gasteiger partial charge in [0.2, 0.25) is 0 Å². The van der Waals surface area contributed by atoms with Crippen molar-refractivity contribution in [2.24, 2.45) is 0 Å². The minimum absolute atomic E-state index is 0.0292. The molecule has 0 unspecified atom stereocenters. The lowest BCUT2D eigenvalue weighted by Gasteiger charge is -2.11. The lowest BCUT2D eigenvalue weighted by Crippen LogP contribution is -2.24. The lowest BCUT2D eigenvalue weighted by atomic mass is 10.2. The van der Waals surface area contributed by atoms with E-state index in [-0.39, 0.29) is 5.91 Å². The van der Waals surface area contributed by atoms with Gasteiger partial charge in [0.25, 0.3) is 5.91 Å². The third-order valence-corrected chi connectivity index (χ3v) is 3.59. The van der Waals surface area contributed by atoms with E-state index in [0.717, 1.165) is 19.3 Å². The Kier molecular flexibility index (Phi) is 6.95. The predicted octanol–water partition coefficient (Wildman–Crippen LogP) is 3.26. The zero-order valence-corrected chi connectivity index (χ0v) is 14.0. The minimum atomic E-state index is -0.0292. The Morgan fingerprint density at radius 3 is 2.58 bits per heavy atom. The molecule has 0 heterocycles. The summed E-state index contributed by atoms with van der Waals surface area (Å²) in [5, 5.41) is 2.92. The van der Waals surface area contributed by atoms with Crippen molar-refractivity contribution >= 4 is 11.6 Å². The summed E-state index contributed by atoms with van der Waals surface area (Å²) in [5.74, 6) is 1.31. The van der Waals surface area contributed by atoms with Crippen molar-refractivity contribution < 1.29 is 14.3 Å². The molecule has 1 amide bonds. The first-order valence-corrected chi connectivity index (χ1v) is 8.10. The molecule has 2 aromatic carbocycles. The second-order valence-corrected chi connectivity index (χ2v) is 5.44. The number of hydrogen-bond donors (Lipinski definition) is 2. The number of carbonyl (C=O) groups excluding carboxylic acids is 1. The molecule has 3 N–H and O–H groups in total. The van der Waals surface area contributed by atoms with E-state index in [0.29, 0.717) is 35.9 Å². The number of benzene rings is 2. The number of unbranched alkanes of at least 4 members (excludes halogenated alkanes) is 2. The van der Waals surface area contributed by atoms with Crippen molar-refractivity contribution in [1.82, 2.24) is 5.32 Å². The van der Waals surface area contributed by atoms with Crippen LogP contribution in [0.25, 0.3) is 0 Å². The normalized spacial score (nSPS) is 10.2. The van der Waals surface area contributed by atoms with Crippen molar-refractivity contribution in [1.29, 1.82) is 0 Å². The van der Waals surface area contributed by atoms with E-state index >= 15 is 0 Å². The molecule has 0 saturated carbocycles. The van der Waals surface area contributed by atoms with Crippen LogP contribution in [0.1, 0.15) is 29.6 Å². The van der Waals surface area contributed by atoms with Crippen LogP contribution in [0.15, 0.2) is 48.5 Å². The number of nitrogens with two attached hydrogens (primary N) is 1. The van der Waals surface area contributed by atoms with E-state index in [4.69, 9.17) is 15.2 Å². The predicted molar refractivity (Wildman–Crippen MR) is 95.5 cm³/mol. The first kappa shape index (κ1) is 17.7. The number of nitrogens with one attached hydrogen (secondary N) is 1. The quantitative estimate of drug-likeness (QED) is 0.547. The highest BCUT2D eigenvalue weighted by Crippen LogP contribution is 2.29. The molecule has 2 aromatic rings. The van der Waals surface area contributed by atoms with Gasteiger partial charge in [0.05, 0.1) is 13.7 Å². The van der Waals surface area contributed by atoms with Gasteiger partial charge in [-0.3, -0.25) is 4.79 Å². The van der Waals surface area contributed by atoms with Crippen molar-refractivity contribution in [3.63, 3.8) is 0 Å². The molecule has 0 spiro atoms. The van der Waals surface area contributed by atoms with E-state index in [2.05, 4.69) is 5.32 Å². The van der Waals surface area contributed by atoms with Crippen molar-refractivity contribution in [2.45, 2.75) is 19.3 Å². The summed E-state index contributed by atoms with van der Waals surface area (Å²) in [5.41, 5.74) is 7.05. The average Bonchev–Trinajstić information content (AvgIpc) is 2.62. The fourth-order valence-corrected chi connectivity index (χ4v) is 2.28. The summed E-state index contributed by atoms with van der Waals surface area (Å²) in [7, 11) is 1.59. The van der Waals surface area contributed by atoms with E-state index in [1.165, 1.54) is 0 Å². The maximum atomic E-state index is 11.9. The summed E-state index contributed by atoms with van der Waals surface area (Å²) in [6.07, 6.45) is 2.81. The molecule has 24 heavy (non-hydrogen) atoms. The topological polar surface area (TPSA) is 73.6 Å². The second kappa shape index (κ2) is 9.45. The van der Waals surface area contributed by atoms with Crippen LogP contribution in [-0.2, 0) is 0 Å². The Morgan fingerprint density at radius 1 is 1.04 bits per heavy atom. The number of nitrogen functional groups attached to an aromatic ring is 1. The summed E-state index contributed by atoms with van der Waals surface area (Å²) in [6.45, 7) is 1.27. The molecule has 0 aromatic heterocycles. The van der Waals surface area contributed by atoms with Crippen molar-refractivity contribution in [2.75, 3.05) is 26.0 Å². The van der Waals surface area contributed by atoms with E-state index in [1.54, 1.807) is 19.2 Å². The third-order valence-electron chi connectivity index (χ3n) is 3.59. The molecule has 0 bridgehead atoms. The highest BCUT2D eigenvalue weighted by atomic mass is 16.5. The Morgan fingerprint density at radius 2 is 1.83 bits per heavy atom. The molecule has 5 heteroatoms. The minimum Gasteiger partial charge on any atom is -0.493 e. The molecule has 0 aliphatic heterocycles. The van der Waals surface area contributed by atoms with E-state index < -0.39 is 0 Å². The summed E-state index contributed by atoms with van der Waals surface area (Å²) < 4.78 is 10.9. The standard InChI is InChI=1S/C19H24N2O3/c1-23-18-14-16(20)10-11-17(18)24-13-7-3-6-12-21-19(22)15-8-4-2-5-9-15/h2,4-5,8-11,14H,3,6-7,12-13,20H2,1H3,(H,21,22). The van der Waals surface area contributed by atoms with Crippen LogP contribution >= 0.6 is 0 Å². The Hall–Kier alpha value is -2.69. The zero-order valence-electron chi connectivity index (χ0n) is 14.0. The fourth-order valence-electron chi connectivity index (χ4n) is 2.28. The van der Waals surface area contributed by atoms with Crippen LogP contribution in [0.3, 0.4) is 0 Å². The number of carbonyl (C=O) groups is 1. The molecule has 0 fully saturated rings. The molecular formula is C19H24N2O3. The van der Waals surface area contributed by atoms with Crippen LogP contribution < -0.4 is 20.5 Å². The highest BCUT2D eigenvalue weighted by molar-refractivity contribution is 5.94. The SMILES string of the molecule is COc1cc(N)ccc1OCCCCCNC(=O)c1ccccc1. The molecule has 0 atom stereocenters. The average molecular weight is 328 g/mol.